The molecule has 3 nitrogen and oxygen atoms in total. The van der Waals surface area contributed by atoms with E-state index >= 15 is 0 Å². The maximum atomic E-state index is 4.86. The van der Waals surface area contributed by atoms with Gasteiger partial charge in [-0.1, -0.05) is 6.92 Å². The molecule has 0 radical (unpaired) electrons. The Hall–Kier alpha value is -0.830. The Morgan fingerprint density at radius 2 is 2.22 bits per heavy atom. The number of rotatable bonds is 4. The second kappa shape index (κ2) is 3.83. The highest BCUT2D eigenvalue weighted by molar-refractivity contribution is 5.21. The van der Waals surface area contributed by atoms with Gasteiger partial charge in [-0.05, 0) is 37.0 Å². The topological polar surface area (TPSA) is 29.9 Å². The lowest BCUT2D eigenvalue weighted by molar-refractivity contribution is 0.357. The first-order valence-corrected chi connectivity index (χ1v) is 7.60. The van der Waals surface area contributed by atoms with Gasteiger partial charge in [0.1, 0.15) is 5.82 Å². The maximum Gasteiger partial charge on any atom is 0.108 e. The molecule has 0 bridgehead atoms. The van der Waals surface area contributed by atoms with Gasteiger partial charge in [0.15, 0.2) is 0 Å². The molecule has 98 valence electrons. The van der Waals surface area contributed by atoms with Crippen LogP contribution in [0.25, 0.3) is 0 Å². The zero-order valence-corrected chi connectivity index (χ0v) is 11.3. The highest BCUT2D eigenvalue weighted by atomic mass is 15.1. The van der Waals surface area contributed by atoms with Crippen LogP contribution in [-0.2, 0) is 25.9 Å². The summed E-state index contributed by atoms with van der Waals surface area (Å²) < 4.78 is 2.60. The van der Waals surface area contributed by atoms with Crippen LogP contribution in [0.5, 0.6) is 0 Å². The number of hydrogen-bond acceptors (Lipinski definition) is 2. The van der Waals surface area contributed by atoms with Gasteiger partial charge < -0.3 is 9.88 Å². The Balaban J connectivity index is 1.68. The number of hydrogen-bond donors (Lipinski definition) is 1. The molecule has 2 aliphatic carbocycles. The van der Waals surface area contributed by atoms with Gasteiger partial charge in [0.25, 0.3) is 0 Å². The van der Waals surface area contributed by atoms with Gasteiger partial charge in [-0.3, -0.25) is 0 Å². The third-order valence-corrected chi connectivity index (χ3v) is 5.19. The lowest BCUT2D eigenvalue weighted by Gasteiger charge is -2.21. The summed E-state index contributed by atoms with van der Waals surface area (Å²) >= 11 is 0. The van der Waals surface area contributed by atoms with Crippen LogP contribution < -0.4 is 5.32 Å². The molecule has 2 saturated carbocycles. The van der Waals surface area contributed by atoms with Crippen molar-refractivity contribution in [1.82, 2.24) is 14.9 Å². The van der Waals surface area contributed by atoms with Crippen molar-refractivity contribution < 1.29 is 0 Å². The van der Waals surface area contributed by atoms with Gasteiger partial charge in [0.2, 0.25) is 0 Å². The first-order chi connectivity index (χ1) is 8.82. The summed E-state index contributed by atoms with van der Waals surface area (Å²) in [4.78, 5) is 4.86. The van der Waals surface area contributed by atoms with Crippen molar-refractivity contribution in [2.75, 3.05) is 6.54 Å². The van der Waals surface area contributed by atoms with E-state index in [0.717, 1.165) is 25.4 Å². The monoisotopic (exact) mass is 245 g/mol. The van der Waals surface area contributed by atoms with E-state index in [2.05, 4.69) is 16.8 Å². The second-order valence-corrected chi connectivity index (χ2v) is 6.42. The first-order valence-electron chi connectivity index (χ1n) is 7.60. The van der Waals surface area contributed by atoms with Crippen molar-refractivity contribution >= 4 is 0 Å². The Morgan fingerprint density at radius 3 is 2.89 bits per heavy atom. The molecule has 0 aromatic carbocycles. The van der Waals surface area contributed by atoms with Crippen LogP contribution in [0.2, 0.25) is 0 Å². The maximum absolute atomic E-state index is 4.86. The van der Waals surface area contributed by atoms with E-state index in [-0.39, 0.29) is 0 Å². The normalized spacial score (nSPS) is 24.9. The molecule has 0 saturated heterocycles. The van der Waals surface area contributed by atoms with Gasteiger partial charge in [-0.2, -0.15) is 0 Å². The summed E-state index contributed by atoms with van der Waals surface area (Å²) in [5.41, 5.74) is 3.55. The third-order valence-electron chi connectivity index (χ3n) is 5.19. The zero-order valence-electron chi connectivity index (χ0n) is 11.3. The number of nitrogens with zero attached hydrogens (tertiary/aromatic N) is 2. The Kier molecular flexibility index (Phi) is 2.35. The molecule has 0 amide bonds. The Morgan fingerprint density at radius 1 is 1.39 bits per heavy atom. The molecule has 2 heterocycles. The van der Waals surface area contributed by atoms with Crippen molar-refractivity contribution in [3.63, 3.8) is 0 Å². The van der Waals surface area contributed by atoms with Gasteiger partial charge in [-0.15, -0.1) is 0 Å². The van der Waals surface area contributed by atoms with Crippen molar-refractivity contribution in [2.24, 2.45) is 11.3 Å². The predicted octanol–water partition coefficient (Wildman–Crippen LogP) is 2.28. The number of nitrogens with one attached hydrogen (secondary N) is 1. The largest absolute Gasteiger partial charge is 0.331 e. The Labute approximate surface area is 109 Å². The van der Waals surface area contributed by atoms with Gasteiger partial charge in [-0.25, -0.2) is 4.98 Å². The van der Waals surface area contributed by atoms with Gasteiger partial charge in [0.05, 0.1) is 5.69 Å². The molecule has 1 aromatic rings. The minimum atomic E-state index is 0.684. The minimum Gasteiger partial charge on any atom is -0.331 e. The standard InChI is InChI=1S/C15H23N3/c1-2-14-17-12-9-16-8-5-13(12)18(14)10-15(6-7-15)11-3-4-11/h11,16H,2-10H2,1H3. The number of fused-ring (bicyclic) bond motifs is 1. The van der Waals surface area contributed by atoms with Crippen molar-refractivity contribution in [1.29, 1.82) is 0 Å². The van der Waals surface area contributed by atoms with E-state index in [1.54, 1.807) is 0 Å². The lowest BCUT2D eigenvalue weighted by atomic mass is 10.00. The molecule has 1 aliphatic heterocycles. The van der Waals surface area contributed by atoms with Gasteiger partial charge >= 0.3 is 0 Å². The van der Waals surface area contributed by atoms with E-state index < -0.39 is 0 Å². The van der Waals surface area contributed by atoms with E-state index in [1.165, 1.54) is 55.9 Å². The van der Waals surface area contributed by atoms with Crippen LogP contribution in [-0.4, -0.2) is 16.1 Å². The molecule has 3 aliphatic rings. The highest BCUT2D eigenvalue weighted by Crippen LogP contribution is 2.62. The average molecular weight is 245 g/mol. The van der Waals surface area contributed by atoms with E-state index in [0.29, 0.717) is 5.41 Å². The molecule has 3 heteroatoms. The van der Waals surface area contributed by atoms with Crippen LogP contribution in [0.4, 0.5) is 0 Å². The SMILES string of the molecule is CCc1nc2c(n1CC1(C3CC3)CC1)CCNC2. The molecule has 2 fully saturated rings. The zero-order chi connectivity index (χ0) is 12.2. The van der Waals surface area contributed by atoms with Gasteiger partial charge in [0, 0.05) is 38.2 Å². The summed E-state index contributed by atoms with van der Waals surface area (Å²) in [7, 11) is 0. The van der Waals surface area contributed by atoms with Crippen molar-refractivity contribution in [3.8, 4) is 0 Å². The van der Waals surface area contributed by atoms with E-state index in [4.69, 9.17) is 4.98 Å². The summed E-state index contributed by atoms with van der Waals surface area (Å²) in [5.74, 6) is 2.37. The molecule has 0 atom stereocenters. The summed E-state index contributed by atoms with van der Waals surface area (Å²) in [5, 5.41) is 3.44. The lowest BCUT2D eigenvalue weighted by Crippen LogP contribution is -2.26. The number of imidazole rings is 1. The summed E-state index contributed by atoms with van der Waals surface area (Å²) in [6.07, 6.45) is 8.15. The highest BCUT2D eigenvalue weighted by Gasteiger charge is 2.54. The first kappa shape index (κ1) is 11.0. The van der Waals surface area contributed by atoms with Crippen LogP contribution in [0.15, 0.2) is 0 Å². The molecule has 1 N–H and O–H groups in total. The molecular weight excluding hydrogens is 222 g/mol. The van der Waals surface area contributed by atoms with Crippen molar-refractivity contribution in [2.45, 2.75) is 58.5 Å². The quantitative estimate of drug-likeness (QED) is 0.882. The number of aryl methyl sites for hydroxylation is 1. The molecule has 0 unspecified atom stereocenters. The van der Waals surface area contributed by atoms with E-state index in [1.807, 2.05) is 0 Å². The molecular formula is C15H23N3. The van der Waals surface area contributed by atoms with E-state index in [9.17, 15) is 0 Å². The summed E-state index contributed by atoms with van der Waals surface area (Å²) in [6.45, 7) is 5.61. The minimum absolute atomic E-state index is 0.684. The fourth-order valence-corrected chi connectivity index (χ4v) is 3.75. The fraction of sp³-hybridized carbons (Fsp3) is 0.800. The molecule has 4 rings (SSSR count). The third kappa shape index (κ3) is 1.63. The average Bonchev–Trinajstić information content (AvgIpc) is 3.27. The second-order valence-electron chi connectivity index (χ2n) is 6.42. The molecule has 1 aromatic heterocycles. The fourth-order valence-electron chi connectivity index (χ4n) is 3.75. The van der Waals surface area contributed by atoms with Crippen LogP contribution in [0, 0.1) is 11.3 Å². The smallest absolute Gasteiger partial charge is 0.108 e. The molecule has 0 spiro atoms. The predicted molar refractivity (Wildman–Crippen MR) is 71.4 cm³/mol. The van der Waals surface area contributed by atoms with Crippen molar-refractivity contribution in [3.05, 3.63) is 17.2 Å². The van der Waals surface area contributed by atoms with Crippen LogP contribution >= 0.6 is 0 Å². The Bertz CT molecular complexity index is 466. The summed E-state index contributed by atoms with van der Waals surface area (Å²) in [6, 6.07) is 0. The molecule has 18 heavy (non-hydrogen) atoms. The number of aromatic nitrogens is 2. The van der Waals surface area contributed by atoms with Crippen LogP contribution in [0.1, 0.15) is 49.8 Å². The van der Waals surface area contributed by atoms with Crippen LogP contribution in [0.3, 0.4) is 0 Å².